The number of halogens is 5. The fourth-order valence-corrected chi connectivity index (χ4v) is 5.74. The van der Waals surface area contributed by atoms with Gasteiger partial charge in [-0.1, -0.05) is 97.2 Å². The normalized spacial score (nSPS) is 14.7. The molecule has 0 spiro atoms. The van der Waals surface area contributed by atoms with Crippen molar-refractivity contribution in [1.82, 2.24) is 5.32 Å². The number of benzene rings is 3. The lowest BCUT2D eigenvalue weighted by molar-refractivity contribution is -0.162. The highest BCUT2D eigenvalue weighted by Gasteiger charge is 2.53. The van der Waals surface area contributed by atoms with Gasteiger partial charge in [0, 0.05) is 29.6 Å². The predicted molar refractivity (Wildman–Crippen MR) is 171 cm³/mol. The molecule has 232 valence electrons. The molecule has 10 heteroatoms. The molecule has 2 unspecified atom stereocenters. The van der Waals surface area contributed by atoms with Gasteiger partial charge in [0.1, 0.15) is 0 Å². The van der Waals surface area contributed by atoms with Crippen molar-refractivity contribution in [3.8, 4) is 0 Å². The Balaban J connectivity index is 1.80. The first-order valence-electron chi connectivity index (χ1n) is 14.2. The summed E-state index contributed by atoms with van der Waals surface area (Å²) in [6, 6.07) is 19.9. The molecule has 0 saturated carbocycles. The van der Waals surface area contributed by atoms with Crippen molar-refractivity contribution in [3.05, 3.63) is 105 Å². The van der Waals surface area contributed by atoms with E-state index in [1.54, 1.807) is 38.1 Å². The molecule has 0 radical (unpaired) electrons. The SMILES string of the molecule is CC(C)[C@H](C(=O)C(F)(F)C(=O)NCCc1ccccc1)C(N)[C@@H](Cc1ccc(Cl)cc1)C(N)CCc1ccc(Cl)c(Cl)c1. The Hall–Kier alpha value is -2.55. The lowest BCUT2D eigenvalue weighted by Crippen LogP contribution is -2.57. The topological polar surface area (TPSA) is 98.2 Å². The van der Waals surface area contributed by atoms with Crippen LogP contribution in [-0.4, -0.2) is 36.2 Å². The van der Waals surface area contributed by atoms with E-state index in [0.29, 0.717) is 40.8 Å². The summed E-state index contributed by atoms with van der Waals surface area (Å²) in [6.07, 6.45) is 1.65. The molecule has 0 aromatic heterocycles. The molecule has 3 rings (SSSR count). The maximum atomic E-state index is 15.4. The van der Waals surface area contributed by atoms with E-state index >= 15 is 8.78 Å². The summed E-state index contributed by atoms with van der Waals surface area (Å²) in [5.74, 6) is -9.89. The van der Waals surface area contributed by atoms with E-state index in [-0.39, 0.29) is 6.54 Å². The minimum Gasteiger partial charge on any atom is -0.350 e. The van der Waals surface area contributed by atoms with Gasteiger partial charge in [-0.15, -0.1) is 0 Å². The standard InChI is InChI=1S/C33H38Cl3F2N3O2/c1-20(2)29(31(42)33(37,38)32(43)41-17-16-21-6-4-3-5-7-21)30(40)25(18-22-8-12-24(34)13-9-22)28(39)15-11-23-10-14-26(35)27(36)19-23/h3-10,12-14,19-20,25,28-30H,11,15-18,39-40H2,1-2H3,(H,41,43)/t25-,28?,29-,30?/m0/s1. The minimum absolute atomic E-state index is 0.0388. The Morgan fingerprint density at radius 1 is 0.837 bits per heavy atom. The molecule has 43 heavy (non-hydrogen) atoms. The number of carbonyl (C=O) groups excluding carboxylic acids is 2. The third-order valence-corrected chi connectivity index (χ3v) is 8.74. The first-order chi connectivity index (χ1) is 20.3. The fourth-order valence-electron chi connectivity index (χ4n) is 5.29. The van der Waals surface area contributed by atoms with Crippen LogP contribution in [0.5, 0.6) is 0 Å². The van der Waals surface area contributed by atoms with Crippen molar-refractivity contribution in [3.63, 3.8) is 0 Å². The van der Waals surface area contributed by atoms with Gasteiger partial charge in [-0.3, -0.25) is 9.59 Å². The third kappa shape index (κ3) is 9.72. The van der Waals surface area contributed by atoms with Crippen LogP contribution in [0.15, 0.2) is 72.8 Å². The van der Waals surface area contributed by atoms with Gasteiger partial charge >= 0.3 is 5.92 Å². The number of alkyl halides is 2. The second-order valence-electron chi connectivity index (χ2n) is 11.2. The lowest BCUT2D eigenvalue weighted by Gasteiger charge is -2.37. The maximum absolute atomic E-state index is 15.4. The number of hydrogen-bond acceptors (Lipinski definition) is 4. The van der Waals surface area contributed by atoms with Gasteiger partial charge in [-0.2, -0.15) is 8.78 Å². The predicted octanol–water partition coefficient (Wildman–Crippen LogP) is 6.93. The molecule has 3 aromatic rings. The number of hydrogen-bond donors (Lipinski definition) is 3. The Labute approximate surface area is 267 Å². The van der Waals surface area contributed by atoms with Crippen LogP contribution in [0.2, 0.25) is 15.1 Å². The molecule has 5 nitrogen and oxygen atoms in total. The zero-order chi connectivity index (χ0) is 31.7. The zero-order valence-corrected chi connectivity index (χ0v) is 26.5. The van der Waals surface area contributed by atoms with E-state index < -0.39 is 47.5 Å². The Bertz CT molecular complexity index is 1360. The Morgan fingerprint density at radius 3 is 2.07 bits per heavy atom. The number of carbonyl (C=O) groups is 2. The van der Waals surface area contributed by atoms with Crippen LogP contribution in [0.1, 0.15) is 37.0 Å². The summed E-state index contributed by atoms with van der Waals surface area (Å²) < 4.78 is 30.8. The van der Waals surface area contributed by atoms with Crippen LogP contribution in [0.4, 0.5) is 8.78 Å². The summed E-state index contributed by atoms with van der Waals surface area (Å²) in [4.78, 5) is 26.0. The van der Waals surface area contributed by atoms with Crippen LogP contribution in [-0.2, 0) is 28.9 Å². The summed E-state index contributed by atoms with van der Waals surface area (Å²) in [7, 11) is 0. The molecule has 0 aliphatic rings. The van der Waals surface area contributed by atoms with Crippen molar-refractivity contribution in [1.29, 1.82) is 0 Å². The molecule has 1 amide bonds. The third-order valence-electron chi connectivity index (χ3n) is 7.75. The maximum Gasteiger partial charge on any atom is 0.381 e. The monoisotopic (exact) mass is 651 g/mol. The van der Waals surface area contributed by atoms with Gasteiger partial charge in [-0.25, -0.2) is 0 Å². The number of amides is 1. The molecule has 0 saturated heterocycles. The molecule has 0 heterocycles. The van der Waals surface area contributed by atoms with E-state index in [1.165, 1.54) is 0 Å². The summed E-state index contributed by atoms with van der Waals surface area (Å²) in [5, 5.41) is 3.61. The second kappa shape index (κ2) is 16.0. The van der Waals surface area contributed by atoms with Crippen LogP contribution in [0.25, 0.3) is 0 Å². The Morgan fingerprint density at radius 2 is 1.47 bits per heavy atom. The van der Waals surface area contributed by atoms with E-state index in [0.717, 1.165) is 16.7 Å². The van der Waals surface area contributed by atoms with Crippen molar-refractivity contribution >= 4 is 46.5 Å². The lowest BCUT2D eigenvalue weighted by atomic mass is 9.72. The highest BCUT2D eigenvalue weighted by Crippen LogP contribution is 2.32. The van der Waals surface area contributed by atoms with Crippen LogP contribution < -0.4 is 16.8 Å². The number of ketones is 1. The molecule has 4 atom stereocenters. The molecule has 5 N–H and O–H groups in total. The summed E-state index contributed by atoms with van der Waals surface area (Å²) in [6.45, 7) is 3.25. The Kier molecular flexibility index (Phi) is 13.0. The smallest absolute Gasteiger partial charge is 0.350 e. The molecule has 0 aliphatic heterocycles. The van der Waals surface area contributed by atoms with Gasteiger partial charge in [0.25, 0.3) is 5.91 Å². The first-order valence-corrected chi connectivity index (χ1v) is 15.4. The molecule has 3 aromatic carbocycles. The van der Waals surface area contributed by atoms with Crippen LogP contribution >= 0.6 is 34.8 Å². The number of Topliss-reactive ketones (excluding diaryl/α,β-unsaturated/α-hetero) is 1. The van der Waals surface area contributed by atoms with E-state index in [9.17, 15) is 9.59 Å². The average molecular weight is 653 g/mol. The van der Waals surface area contributed by atoms with Gasteiger partial charge in [0.05, 0.1) is 10.0 Å². The van der Waals surface area contributed by atoms with Crippen molar-refractivity contribution in [2.24, 2.45) is 29.2 Å². The van der Waals surface area contributed by atoms with Gasteiger partial charge in [0.15, 0.2) is 0 Å². The molecule has 0 aliphatic carbocycles. The van der Waals surface area contributed by atoms with E-state index in [2.05, 4.69) is 5.32 Å². The first kappa shape index (κ1) is 34.9. The summed E-state index contributed by atoms with van der Waals surface area (Å²) >= 11 is 18.3. The highest BCUT2D eigenvalue weighted by molar-refractivity contribution is 6.42. The quantitative estimate of drug-likeness (QED) is 0.155. The number of nitrogens with one attached hydrogen (secondary N) is 1. The number of nitrogens with two attached hydrogens (primary N) is 2. The zero-order valence-electron chi connectivity index (χ0n) is 24.2. The second-order valence-corrected chi connectivity index (χ2v) is 12.5. The largest absolute Gasteiger partial charge is 0.381 e. The fraction of sp³-hybridized carbons (Fsp3) is 0.394. The molecular weight excluding hydrogens is 615 g/mol. The van der Waals surface area contributed by atoms with Gasteiger partial charge in [-0.05, 0) is 78.5 Å². The molecular formula is C33H38Cl3F2N3O2. The van der Waals surface area contributed by atoms with E-state index in [1.807, 2.05) is 48.5 Å². The number of rotatable bonds is 15. The highest BCUT2D eigenvalue weighted by atomic mass is 35.5. The minimum atomic E-state index is -4.27. The van der Waals surface area contributed by atoms with Crippen molar-refractivity contribution in [2.75, 3.05) is 6.54 Å². The molecule has 0 fully saturated rings. The van der Waals surface area contributed by atoms with Gasteiger partial charge in [0.2, 0.25) is 5.78 Å². The van der Waals surface area contributed by atoms with Crippen LogP contribution in [0.3, 0.4) is 0 Å². The van der Waals surface area contributed by atoms with E-state index in [4.69, 9.17) is 46.3 Å². The summed E-state index contributed by atoms with van der Waals surface area (Å²) in [5.41, 5.74) is 16.0. The average Bonchev–Trinajstić information content (AvgIpc) is 2.97. The van der Waals surface area contributed by atoms with Crippen LogP contribution in [0, 0.1) is 17.8 Å². The van der Waals surface area contributed by atoms with Crippen molar-refractivity contribution < 1.29 is 18.4 Å². The van der Waals surface area contributed by atoms with Crippen molar-refractivity contribution in [2.45, 2.75) is 57.5 Å². The number of aryl methyl sites for hydroxylation is 1. The van der Waals surface area contributed by atoms with Gasteiger partial charge < -0.3 is 16.8 Å². The molecule has 0 bridgehead atoms.